The third-order valence-corrected chi connectivity index (χ3v) is 3.38. The number of benzene rings is 1. The Morgan fingerprint density at radius 3 is 2.32 bits per heavy atom. The highest BCUT2D eigenvalue weighted by Crippen LogP contribution is 2.26. The number of alkyl carbamates (subject to hydrolysis) is 1. The van der Waals surface area contributed by atoms with Crippen LogP contribution in [0.4, 0.5) is 4.79 Å². The minimum absolute atomic E-state index is 0.257. The van der Waals surface area contributed by atoms with E-state index in [4.69, 9.17) is 49.0 Å². The zero-order valence-corrected chi connectivity index (χ0v) is 16.2. The number of halogens is 3. The van der Waals surface area contributed by atoms with Gasteiger partial charge < -0.3 is 19.5 Å². The molecule has 0 heterocycles. The number of hydrogen-bond acceptors (Lipinski definition) is 5. The maximum atomic E-state index is 12.3. The van der Waals surface area contributed by atoms with E-state index >= 15 is 0 Å². The second kappa shape index (κ2) is 10.6. The molecule has 1 aromatic rings. The fourth-order valence-electron chi connectivity index (χ4n) is 1.78. The first-order valence-corrected chi connectivity index (χ1v) is 8.71. The first-order valence-electron chi connectivity index (χ1n) is 7.57. The zero-order valence-electron chi connectivity index (χ0n) is 13.9. The predicted molar refractivity (Wildman–Crippen MR) is 96.4 cm³/mol. The lowest BCUT2D eigenvalue weighted by Crippen LogP contribution is -2.36. The van der Waals surface area contributed by atoms with Gasteiger partial charge >= 0.3 is 12.1 Å². The summed E-state index contributed by atoms with van der Waals surface area (Å²) in [6, 6.07) is 5.55. The number of methoxy groups -OCH3 is 1. The number of ether oxygens (including phenoxy) is 3. The number of rotatable bonds is 8. The molecule has 1 rings (SSSR count). The van der Waals surface area contributed by atoms with Crippen molar-refractivity contribution in [2.45, 2.75) is 29.6 Å². The molecule has 0 fully saturated rings. The molecule has 0 radical (unpaired) electrons. The van der Waals surface area contributed by atoms with Crippen LogP contribution in [0.1, 0.15) is 31.4 Å². The van der Waals surface area contributed by atoms with Crippen molar-refractivity contribution in [3.63, 3.8) is 0 Å². The highest BCUT2D eigenvalue weighted by atomic mass is 35.6. The van der Waals surface area contributed by atoms with E-state index in [9.17, 15) is 9.59 Å². The molecule has 0 saturated heterocycles. The third-order valence-electron chi connectivity index (χ3n) is 3.06. The van der Waals surface area contributed by atoms with Crippen LogP contribution in [0, 0.1) is 0 Å². The second-order valence-electron chi connectivity index (χ2n) is 5.06. The van der Waals surface area contributed by atoms with Gasteiger partial charge in [-0.3, -0.25) is 0 Å². The number of carbonyl (C=O) groups is 2. The van der Waals surface area contributed by atoms with Crippen LogP contribution in [0.25, 0.3) is 0 Å². The van der Waals surface area contributed by atoms with Crippen LogP contribution in [-0.2, 0) is 14.3 Å². The Bertz CT molecular complexity index is 560. The number of carbonyl (C=O) groups excluding carboxylic acids is 2. The van der Waals surface area contributed by atoms with Crippen molar-refractivity contribution in [1.29, 1.82) is 0 Å². The van der Waals surface area contributed by atoms with Gasteiger partial charge in [-0.2, -0.15) is 0 Å². The Kier molecular flexibility index (Phi) is 9.17. The molecule has 0 spiro atoms. The normalized spacial score (nSPS) is 12.2. The molecule has 0 saturated carbocycles. The molecular weight excluding hydrogens is 393 g/mol. The average Bonchev–Trinajstić information content (AvgIpc) is 2.57. The van der Waals surface area contributed by atoms with Gasteiger partial charge in [-0.15, -0.1) is 0 Å². The Hall–Kier alpha value is -1.37. The molecule has 1 amide bonds. The molecular formula is C16H20Cl3NO5. The summed E-state index contributed by atoms with van der Waals surface area (Å²) in [5, 5.41) is 2.42. The van der Waals surface area contributed by atoms with Gasteiger partial charge in [0, 0.05) is 0 Å². The van der Waals surface area contributed by atoms with E-state index < -0.39 is 28.5 Å². The number of nitrogens with one attached hydrogen (secondary N) is 1. The summed E-state index contributed by atoms with van der Waals surface area (Å²) in [6.45, 7) is 1.78. The molecule has 140 valence electrons. The number of amides is 1. The number of alkyl halides is 3. The lowest BCUT2D eigenvalue weighted by molar-refractivity contribution is -0.146. The minimum Gasteiger partial charge on any atom is -0.497 e. The van der Waals surface area contributed by atoms with Gasteiger partial charge in [0.2, 0.25) is 3.79 Å². The van der Waals surface area contributed by atoms with Crippen LogP contribution < -0.4 is 10.1 Å². The average molecular weight is 413 g/mol. The Morgan fingerprint density at radius 1 is 1.16 bits per heavy atom. The first kappa shape index (κ1) is 21.7. The van der Waals surface area contributed by atoms with Crippen molar-refractivity contribution in [1.82, 2.24) is 5.32 Å². The second-order valence-corrected chi connectivity index (χ2v) is 7.58. The molecule has 1 N–H and O–H groups in total. The Labute approximate surface area is 161 Å². The first-order chi connectivity index (χ1) is 11.8. The van der Waals surface area contributed by atoms with Gasteiger partial charge in [0.1, 0.15) is 12.4 Å². The molecule has 1 unspecified atom stereocenters. The van der Waals surface area contributed by atoms with Crippen LogP contribution >= 0.6 is 34.8 Å². The monoisotopic (exact) mass is 411 g/mol. The molecule has 6 nitrogen and oxygen atoms in total. The standard InChI is InChI=1S/C16H20Cl3NO5/c1-3-4-9-24-14(21)13(11-5-7-12(23-2)8-6-11)20-15(22)25-10-16(17,18)19/h5-8,13H,3-4,9-10H2,1-2H3,(H,20,22). The summed E-state index contributed by atoms with van der Waals surface area (Å²) in [5.74, 6) is 0.00470. The molecule has 1 aromatic carbocycles. The van der Waals surface area contributed by atoms with Crippen LogP contribution in [0.15, 0.2) is 24.3 Å². The lowest BCUT2D eigenvalue weighted by atomic mass is 10.1. The summed E-state index contributed by atoms with van der Waals surface area (Å²) in [5.41, 5.74) is 0.508. The molecule has 9 heteroatoms. The van der Waals surface area contributed by atoms with Crippen LogP contribution in [0.5, 0.6) is 5.75 Å². The summed E-state index contributed by atoms with van der Waals surface area (Å²) in [4.78, 5) is 24.2. The molecule has 0 aliphatic rings. The van der Waals surface area contributed by atoms with Crippen LogP contribution in [-0.4, -0.2) is 36.2 Å². The van der Waals surface area contributed by atoms with E-state index in [1.54, 1.807) is 24.3 Å². The highest BCUT2D eigenvalue weighted by Gasteiger charge is 2.27. The van der Waals surface area contributed by atoms with Crippen molar-refractivity contribution in [3.8, 4) is 5.75 Å². The van der Waals surface area contributed by atoms with Crippen LogP contribution in [0.3, 0.4) is 0 Å². The van der Waals surface area contributed by atoms with E-state index in [0.29, 0.717) is 11.3 Å². The maximum absolute atomic E-state index is 12.3. The van der Waals surface area contributed by atoms with Crippen LogP contribution in [0.2, 0.25) is 0 Å². The molecule has 0 bridgehead atoms. The van der Waals surface area contributed by atoms with Gasteiger partial charge in [0.15, 0.2) is 6.04 Å². The molecule has 25 heavy (non-hydrogen) atoms. The van der Waals surface area contributed by atoms with E-state index in [0.717, 1.165) is 12.8 Å². The van der Waals surface area contributed by atoms with E-state index in [-0.39, 0.29) is 6.61 Å². The molecule has 0 aliphatic carbocycles. The SMILES string of the molecule is CCCCOC(=O)C(NC(=O)OCC(Cl)(Cl)Cl)c1ccc(OC)cc1. The van der Waals surface area contributed by atoms with Gasteiger partial charge in [0.25, 0.3) is 0 Å². The topological polar surface area (TPSA) is 73.9 Å². The van der Waals surface area contributed by atoms with Crippen molar-refractivity contribution in [2.75, 3.05) is 20.3 Å². The smallest absolute Gasteiger partial charge is 0.408 e. The molecule has 0 aliphatic heterocycles. The fraction of sp³-hybridized carbons (Fsp3) is 0.500. The van der Waals surface area contributed by atoms with Gasteiger partial charge in [-0.25, -0.2) is 9.59 Å². The van der Waals surface area contributed by atoms with Gasteiger partial charge in [-0.05, 0) is 24.1 Å². The number of esters is 1. The number of hydrogen-bond donors (Lipinski definition) is 1. The number of unbranched alkanes of at least 4 members (excludes halogenated alkanes) is 1. The summed E-state index contributed by atoms with van der Waals surface area (Å²) < 4.78 is 13.3. The quantitative estimate of drug-likeness (QED) is 0.394. The predicted octanol–water partition coefficient (Wildman–Crippen LogP) is 4.18. The Morgan fingerprint density at radius 2 is 1.80 bits per heavy atom. The van der Waals surface area contributed by atoms with Gasteiger partial charge in [-0.1, -0.05) is 60.3 Å². The summed E-state index contributed by atoms with van der Waals surface area (Å²) in [6.07, 6.45) is 0.692. The lowest BCUT2D eigenvalue weighted by Gasteiger charge is -2.19. The largest absolute Gasteiger partial charge is 0.497 e. The maximum Gasteiger partial charge on any atom is 0.408 e. The third kappa shape index (κ3) is 8.52. The minimum atomic E-state index is -1.74. The molecule has 1 atom stereocenters. The van der Waals surface area contributed by atoms with Crippen molar-refractivity contribution < 1.29 is 23.8 Å². The van der Waals surface area contributed by atoms with Crippen molar-refractivity contribution in [3.05, 3.63) is 29.8 Å². The Balaban J connectivity index is 2.82. The zero-order chi connectivity index (χ0) is 18.9. The van der Waals surface area contributed by atoms with Gasteiger partial charge in [0.05, 0.1) is 13.7 Å². The summed E-state index contributed by atoms with van der Waals surface area (Å²) in [7, 11) is 1.53. The van der Waals surface area contributed by atoms with Crippen molar-refractivity contribution >= 4 is 46.9 Å². The molecule has 0 aromatic heterocycles. The van der Waals surface area contributed by atoms with E-state index in [2.05, 4.69) is 5.32 Å². The van der Waals surface area contributed by atoms with E-state index in [1.165, 1.54) is 7.11 Å². The van der Waals surface area contributed by atoms with Crippen molar-refractivity contribution in [2.24, 2.45) is 0 Å². The summed E-state index contributed by atoms with van der Waals surface area (Å²) >= 11 is 16.6. The fourth-order valence-corrected chi connectivity index (χ4v) is 1.95. The highest BCUT2D eigenvalue weighted by molar-refractivity contribution is 6.67. The van der Waals surface area contributed by atoms with E-state index in [1.807, 2.05) is 6.92 Å².